The predicted octanol–water partition coefficient (Wildman–Crippen LogP) is 0.0515. The lowest BCUT2D eigenvalue weighted by Gasteiger charge is -2.31. The topological polar surface area (TPSA) is 78.5 Å². The highest BCUT2D eigenvalue weighted by Gasteiger charge is 2.28. The Kier molecular flexibility index (Phi) is 8.65. The van der Waals surface area contributed by atoms with E-state index in [-0.39, 0.29) is 36.5 Å². The summed E-state index contributed by atoms with van der Waals surface area (Å²) in [5, 5.41) is 5.84. The van der Waals surface area contributed by atoms with E-state index in [1.165, 1.54) is 4.31 Å². The highest BCUT2D eigenvalue weighted by atomic mass is 35.5. The molecule has 120 valence electrons. The predicted molar refractivity (Wildman–Crippen MR) is 82.5 cm³/mol. The second-order valence-electron chi connectivity index (χ2n) is 4.90. The van der Waals surface area contributed by atoms with Gasteiger partial charge in [0.25, 0.3) is 0 Å². The third-order valence-electron chi connectivity index (χ3n) is 3.69. The summed E-state index contributed by atoms with van der Waals surface area (Å²) in [4.78, 5) is 11.8. The summed E-state index contributed by atoms with van der Waals surface area (Å²) in [6, 6.07) is 0. The van der Waals surface area contributed by atoms with Crippen LogP contribution in [0.1, 0.15) is 20.8 Å². The molecule has 0 aromatic heterocycles. The number of nitrogens with one attached hydrogen (secondary N) is 2. The smallest absolute Gasteiger partial charge is 0.223 e. The van der Waals surface area contributed by atoms with E-state index in [1.54, 1.807) is 0 Å². The van der Waals surface area contributed by atoms with Crippen LogP contribution in [0.5, 0.6) is 0 Å². The lowest BCUT2D eigenvalue weighted by Crippen LogP contribution is -2.50. The molecule has 1 atom stereocenters. The molecule has 0 spiro atoms. The molecule has 0 bridgehead atoms. The molecular weight excluding hydrogens is 302 g/mol. The molecule has 0 aliphatic carbocycles. The number of carbonyl (C=O) groups is 1. The number of halogens is 1. The standard InChI is InChI=1S/C12H25N3O3S.ClH/c1-4-15(5-2)19(17,18)7-6-14-12(16)10(3)11-8-13-9-11;/h10-11,13H,4-9H2,1-3H3,(H,14,16);1H. The van der Waals surface area contributed by atoms with E-state index in [4.69, 9.17) is 0 Å². The molecule has 6 nitrogen and oxygen atoms in total. The molecular formula is C12H26ClN3O3S. The zero-order valence-electron chi connectivity index (χ0n) is 12.4. The maximum absolute atomic E-state index is 11.9. The average molecular weight is 328 g/mol. The normalized spacial score (nSPS) is 17.2. The molecule has 20 heavy (non-hydrogen) atoms. The Hall–Kier alpha value is -0.370. The van der Waals surface area contributed by atoms with Gasteiger partial charge in [0.2, 0.25) is 15.9 Å². The Morgan fingerprint density at radius 1 is 1.35 bits per heavy atom. The fourth-order valence-electron chi connectivity index (χ4n) is 2.09. The first-order valence-electron chi connectivity index (χ1n) is 6.88. The highest BCUT2D eigenvalue weighted by molar-refractivity contribution is 7.89. The monoisotopic (exact) mass is 327 g/mol. The molecule has 1 saturated heterocycles. The van der Waals surface area contributed by atoms with Gasteiger partial charge in [-0.25, -0.2) is 12.7 Å². The van der Waals surface area contributed by atoms with Crippen molar-refractivity contribution < 1.29 is 13.2 Å². The van der Waals surface area contributed by atoms with Crippen LogP contribution in [-0.2, 0) is 14.8 Å². The molecule has 1 unspecified atom stereocenters. The molecule has 0 aromatic rings. The van der Waals surface area contributed by atoms with Gasteiger partial charge in [-0.05, 0) is 19.0 Å². The van der Waals surface area contributed by atoms with Gasteiger partial charge in [-0.15, -0.1) is 12.4 Å². The minimum Gasteiger partial charge on any atom is -0.355 e. The lowest BCUT2D eigenvalue weighted by atomic mass is 9.88. The van der Waals surface area contributed by atoms with Crippen molar-refractivity contribution in [3.8, 4) is 0 Å². The number of hydrogen-bond acceptors (Lipinski definition) is 4. The van der Waals surface area contributed by atoms with Crippen molar-refractivity contribution in [3.05, 3.63) is 0 Å². The highest BCUT2D eigenvalue weighted by Crippen LogP contribution is 2.15. The molecule has 0 radical (unpaired) electrons. The Morgan fingerprint density at radius 3 is 2.30 bits per heavy atom. The van der Waals surface area contributed by atoms with Crippen molar-refractivity contribution in [1.29, 1.82) is 0 Å². The third-order valence-corrected chi connectivity index (χ3v) is 5.71. The van der Waals surface area contributed by atoms with E-state index >= 15 is 0 Å². The first-order valence-corrected chi connectivity index (χ1v) is 8.49. The first-order chi connectivity index (χ1) is 8.92. The van der Waals surface area contributed by atoms with Crippen molar-refractivity contribution in [1.82, 2.24) is 14.9 Å². The zero-order valence-corrected chi connectivity index (χ0v) is 14.0. The van der Waals surface area contributed by atoms with Gasteiger partial charge in [-0.1, -0.05) is 20.8 Å². The molecule has 1 rings (SSSR count). The zero-order chi connectivity index (χ0) is 14.5. The summed E-state index contributed by atoms with van der Waals surface area (Å²) in [6.07, 6.45) is 0. The quantitative estimate of drug-likeness (QED) is 0.660. The number of rotatable bonds is 8. The summed E-state index contributed by atoms with van der Waals surface area (Å²) >= 11 is 0. The number of hydrogen-bond donors (Lipinski definition) is 2. The fourth-order valence-corrected chi connectivity index (χ4v) is 3.49. The van der Waals surface area contributed by atoms with E-state index in [0.717, 1.165) is 13.1 Å². The van der Waals surface area contributed by atoms with Crippen molar-refractivity contribution in [2.75, 3.05) is 38.5 Å². The summed E-state index contributed by atoms with van der Waals surface area (Å²) in [5.41, 5.74) is 0. The molecule has 1 heterocycles. The summed E-state index contributed by atoms with van der Waals surface area (Å²) in [6.45, 7) is 8.37. The molecule has 0 aromatic carbocycles. The van der Waals surface area contributed by atoms with Crippen LogP contribution in [0.2, 0.25) is 0 Å². The Morgan fingerprint density at radius 2 is 1.90 bits per heavy atom. The second-order valence-corrected chi connectivity index (χ2v) is 6.99. The molecule has 1 aliphatic heterocycles. The van der Waals surface area contributed by atoms with Gasteiger partial charge in [0.15, 0.2) is 0 Å². The molecule has 1 fully saturated rings. The van der Waals surface area contributed by atoms with Crippen LogP contribution < -0.4 is 10.6 Å². The molecule has 8 heteroatoms. The lowest BCUT2D eigenvalue weighted by molar-refractivity contribution is -0.126. The van der Waals surface area contributed by atoms with Gasteiger partial charge >= 0.3 is 0 Å². The van der Waals surface area contributed by atoms with Crippen molar-refractivity contribution >= 4 is 28.3 Å². The van der Waals surface area contributed by atoms with Gasteiger partial charge in [0, 0.05) is 25.6 Å². The van der Waals surface area contributed by atoms with E-state index in [2.05, 4.69) is 10.6 Å². The number of nitrogens with zero attached hydrogens (tertiary/aromatic N) is 1. The molecule has 1 aliphatic rings. The van der Waals surface area contributed by atoms with E-state index < -0.39 is 10.0 Å². The van der Waals surface area contributed by atoms with Gasteiger partial charge in [-0.2, -0.15) is 0 Å². The van der Waals surface area contributed by atoms with Crippen molar-refractivity contribution in [2.45, 2.75) is 20.8 Å². The minimum absolute atomic E-state index is 0. The van der Waals surface area contributed by atoms with E-state index in [1.807, 2.05) is 20.8 Å². The summed E-state index contributed by atoms with van der Waals surface area (Å²) in [5.74, 6) is 0.230. The summed E-state index contributed by atoms with van der Waals surface area (Å²) in [7, 11) is -3.25. The molecule has 1 amide bonds. The van der Waals surface area contributed by atoms with Gasteiger partial charge in [0.05, 0.1) is 5.75 Å². The molecule has 2 N–H and O–H groups in total. The number of amides is 1. The van der Waals surface area contributed by atoms with Crippen LogP contribution in [0.15, 0.2) is 0 Å². The maximum atomic E-state index is 11.9. The SMILES string of the molecule is CCN(CC)S(=O)(=O)CCNC(=O)C(C)C1CNC1.Cl. The van der Waals surface area contributed by atoms with E-state index in [9.17, 15) is 13.2 Å². The van der Waals surface area contributed by atoms with Crippen molar-refractivity contribution in [2.24, 2.45) is 11.8 Å². The number of carbonyl (C=O) groups excluding carboxylic acids is 1. The summed E-state index contributed by atoms with van der Waals surface area (Å²) < 4.78 is 25.2. The molecule has 0 saturated carbocycles. The van der Waals surface area contributed by atoms with Gasteiger partial charge < -0.3 is 10.6 Å². The third kappa shape index (κ3) is 5.20. The Bertz CT molecular complexity index is 395. The first kappa shape index (κ1) is 19.6. The minimum atomic E-state index is -3.25. The number of sulfonamides is 1. The van der Waals surface area contributed by atoms with Crippen LogP contribution >= 0.6 is 12.4 Å². The average Bonchev–Trinajstić information content (AvgIpc) is 2.27. The van der Waals surface area contributed by atoms with Crippen LogP contribution in [0.4, 0.5) is 0 Å². The van der Waals surface area contributed by atoms with Crippen LogP contribution in [-0.4, -0.2) is 57.1 Å². The Balaban J connectivity index is 0.00000361. The van der Waals surface area contributed by atoms with Crippen LogP contribution in [0.25, 0.3) is 0 Å². The van der Waals surface area contributed by atoms with Crippen LogP contribution in [0, 0.1) is 11.8 Å². The second kappa shape index (κ2) is 8.81. The van der Waals surface area contributed by atoms with Crippen LogP contribution in [0.3, 0.4) is 0 Å². The van der Waals surface area contributed by atoms with Crippen molar-refractivity contribution in [3.63, 3.8) is 0 Å². The fraction of sp³-hybridized carbons (Fsp3) is 0.917. The maximum Gasteiger partial charge on any atom is 0.223 e. The Labute approximate surface area is 128 Å². The van der Waals surface area contributed by atoms with E-state index in [0.29, 0.717) is 19.0 Å². The largest absolute Gasteiger partial charge is 0.355 e. The van der Waals surface area contributed by atoms with Gasteiger partial charge in [0.1, 0.15) is 0 Å². The van der Waals surface area contributed by atoms with Gasteiger partial charge in [-0.3, -0.25) is 4.79 Å².